The highest BCUT2D eigenvalue weighted by molar-refractivity contribution is 6.29. The first-order valence-corrected chi connectivity index (χ1v) is 7.27. The Morgan fingerprint density at radius 2 is 2.11 bits per heavy atom. The minimum Gasteiger partial charge on any atom is -0.373 e. The third-order valence-corrected chi connectivity index (χ3v) is 4.00. The van der Waals surface area contributed by atoms with Crippen molar-refractivity contribution >= 4 is 17.4 Å². The fourth-order valence-corrected chi connectivity index (χ4v) is 2.99. The maximum absolute atomic E-state index is 6.10. The van der Waals surface area contributed by atoms with Crippen molar-refractivity contribution in [2.45, 2.75) is 63.7 Å². The first kappa shape index (κ1) is 13.1. The lowest BCUT2D eigenvalue weighted by molar-refractivity contribution is 0.102. The number of hydrogen-bond acceptors (Lipinski definition) is 4. The van der Waals surface area contributed by atoms with E-state index in [0.29, 0.717) is 23.4 Å². The zero-order valence-corrected chi connectivity index (χ0v) is 12.4. The molecule has 3 atom stereocenters. The summed E-state index contributed by atoms with van der Waals surface area (Å²) in [6.07, 6.45) is 4.17. The van der Waals surface area contributed by atoms with Crippen LogP contribution < -0.4 is 5.32 Å². The molecule has 2 aliphatic heterocycles. The number of nitrogens with one attached hydrogen (secondary N) is 1. The second-order valence-corrected chi connectivity index (χ2v) is 6.90. The van der Waals surface area contributed by atoms with Gasteiger partial charge in [-0.2, -0.15) is 0 Å². The molecule has 104 valence electrons. The fourth-order valence-electron chi connectivity index (χ4n) is 2.81. The van der Waals surface area contributed by atoms with Gasteiger partial charge in [0.25, 0.3) is 0 Å². The van der Waals surface area contributed by atoms with E-state index in [-0.39, 0.29) is 5.41 Å². The molecule has 3 heterocycles. The molecule has 2 saturated heterocycles. The number of halogens is 1. The van der Waals surface area contributed by atoms with E-state index in [1.165, 1.54) is 6.42 Å². The molecule has 1 aromatic heterocycles. The van der Waals surface area contributed by atoms with Crippen LogP contribution in [0.15, 0.2) is 6.07 Å². The predicted molar refractivity (Wildman–Crippen MR) is 75.7 cm³/mol. The molecule has 4 nitrogen and oxygen atoms in total. The van der Waals surface area contributed by atoms with E-state index >= 15 is 0 Å². The number of ether oxygens (including phenoxy) is 1. The van der Waals surface area contributed by atoms with Gasteiger partial charge in [-0.05, 0) is 19.3 Å². The predicted octanol–water partition coefficient (Wildman–Crippen LogP) is 3.16. The average molecular weight is 282 g/mol. The van der Waals surface area contributed by atoms with Crippen LogP contribution >= 0.6 is 11.6 Å². The van der Waals surface area contributed by atoms with Gasteiger partial charge in [0.05, 0.1) is 18.2 Å². The standard InChI is InChI=1S/C14H20ClN3O/c1-14(2,3)13-17-11(15)7-12(18-13)16-9-6-8-4-5-10(9)19-8/h7-10H,4-6H2,1-3H3,(H,16,17,18). The van der Waals surface area contributed by atoms with Crippen molar-refractivity contribution in [3.8, 4) is 0 Å². The zero-order chi connectivity index (χ0) is 13.6. The van der Waals surface area contributed by atoms with Crippen molar-refractivity contribution < 1.29 is 4.74 Å². The molecule has 2 bridgehead atoms. The van der Waals surface area contributed by atoms with E-state index < -0.39 is 0 Å². The molecule has 0 aliphatic carbocycles. The summed E-state index contributed by atoms with van der Waals surface area (Å²) < 4.78 is 5.85. The third kappa shape index (κ3) is 2.70. The molecule has 3 unspecified atom stereocenters. The van der Waals surface area contributed by atoms with E-state index in [2.05, 4.69) is 36.1 Å². The summed E-state index contributed by atoms with van der Waals surface area (Å²) in [5, 5.41) is 3.96. The first-order valence-electron chi connectivity index (χ1n) is 6.89. The Hall–Kier alpha value is -0.870. The Bertz CT molecular complexity index is 486. The van der Waals surface area contributed by atoms with E-state index in [0.717, 1.165) is 24.5 Å². The highest BCUT2D eigenvalue weighted by Gasteiger charge is 2.40. The van der Waals surface area contributed by atoms with Crippen LogP contribution in [0, 0.1) is 0 Å². The molecule has 2 fully saturated rings. The summed E-state index contributed by atoms with van der Waals surface area (Å²) in [7, 11) is 0. The fraction of sp³-hybridized carbons (Fsp3) is 0.714. The number of nitrogens with zero attached hydrogens (tertiary/aromatic N) is 2. The van der Waals surface area contributed by atoms with Gasteiger partial charge in [-0.1, -0.05) is 32.4 Å². The lowest BCUT2D eigenvalue weighted by Gasteiger charge is -2.22. The number of fused-ring (bicyclic) bond motifs is 2. The van der Waals surface area contributed by atoms with Crippen LogP contribution in [0.2, 0.25) is 5.15 Å². The van der Waals surface area contributed by atoms with Gasteiger partial charge in [0.15, 0.2) is 0 Å². The van der Waals surface area contributed by atoms with Crippen LogP contribution in [0.1, 0.15) is 45.9 Å². The maximum atomic E-state index is 6.10. The molecule has 1 aromatic rings. The van der Waals surface area contributed by atoms with Gasteiger partial charge in [-0.25, -0.2) is 9.97 Å². The van der Waals surface area contributed by atoms with Gasteiger partial charge in [-0.15, -0.1) is 0 Å². The normalized spacial score (nSPS) is 29.8. The Balaban J connectivity index is 1.79. The molecular formula is C14H20ClN3O. The summed E-state index contributed by atoms with van der Waals surface area (Å²) in [6.45, 7) is 6.26. The monoisotopic (exact) mass is 281 g/mol. The Kier molecular flexibility index (Phi) is 3.18. The molecule has 0 saturated carbocycles. The lowest BCUT2D eigenvalue weighted by Crippen LogP contribution is -2.31. The van der Waals surface area contributed by atoms with Gasteiger partial charge >= 0.3 is 0 Å². The smallest absolute Gasteiger partial charge is 0.137 e. The van der Waals surface area contributed by atoms with E-state index in [4.69, 9.17) is 16.3 Å². The number of aromatic nitrogens is 2. The molecule has 0 spiro atoms. The molecular weight excluding hydrogens is 262 g/mol. The number of hydrogen-bond donors (Lipinski definition) is 1. The summed E-state index contributed by atoms with van der Waals surface area (Å²) >= 11 is 6.10. The SMILES string of the molecule is CC(C)(C)c1nc(Cl)cc(NC2CC3CCC2O3)n1. The topological polar surface area (TPSA) is 47.0 Å². The van der Waals surface area contributed by atoms with Crippen LogP contribution in [0.3, 0.4) is 0 Å². The summed E-state index contributed by atoms with van der Waals surface area (Å²) in [6, 6.07) is 2.15. The molecule has 19 heavy (non-hydrogen) atoms. The zero-order valence-electron chi connectivity index (χ0n) is 11.6. The quantitative estimate of drug-likeness (QED) is 0.846. The lowest BCUT2D eigenvalue weighted by atomic mass is 9.95. The van der Waals surface area contributed by atoms with Crippen molar-refractivity contribution in [2.24, 2.45) is 0 Å². The van der Waals surface area contributed by atoms with Gasteiger partial charge in [0, 0.05) is 11.5 Å². The number of anilines is 1. The highest BCUT2D eigenvalue weighted by atomic mass is 35.5. The van der Waals surface area contributed by atoms with E-state index in [1.54, 1.807) is 6.07 Å². The van der Waals surface area contributed by atoms with Gasteiger partial charge in [-0.3, -0.25) is 0 Å². The van der Waals surface area contributed by atoms with E-state index in [1.807, 2.05) is 0 Å². The van der Waals surface area contributed by atoms with Crippen LogP contribution in [0.25, 0.3) is 0 Å². The highest BCUT2D eigenvalue weighted by Crippen LogP contribution is 2.36. The molecule has 0 aromatic carbocycles. The summed E-state index contributed by atoms with van der Waals surface area (Å²) in [4.78, 5) is 8.90. The molecule has 1 N–H and O–H groups in total. The van der Waals surface area contributed by atoms with Crippen molar-refractivity contribution in [1.82, 2.24) is 9.97 Å². The summed E-state index contributed by atoms with van der Waals surface area (Å²) in [5.41, 5.74) is -0.105. The van der Waals surface area contributed by atoms with E-state index in [9.17, 15) is 0 Å². The van der Waals surface area contributed by atoms with Crippen molar-refractivity contribution in [2.75, 3.05) is 5.32 Å². The van der Waals surface area contributed by atoms with Crippen LogP contribution in [0.4, 0.5) is 5.82 Å². The third-order valence-electron chi connectivity index (χ3n) is 3.80. The number of rotatable bonds is 2. The second-order valence-electron chi connectivity index (χ2n) is 6.51. The molecule has 2 aliphatic rings. The Morgan fingerprint density at radius 1 is 1.32 bits per heavy atom. The molecule has 0 radical (unpaired) electrons. The molecule has 3 rings (SSSR count). The Labute approximate surface area is 118 Å². The first-order chi connectivity index (χ1) is 8.91. The maximum Gasteiger partial charge on any atom is 0.137 e. The molecule has 0 amide bonds. The van der Waals surface area contributed by atoms with Crippen molar-refractivity contribution in [3.63, 3.8) is 0 Å². The summed E-state index contributed by atoms with van der Waals surface area (Å²) in [5.74, 6) is 1.58. The molecule has 5 heteroatoms. The minimum absolute atomic E-state index is 0.105. The minimum atomic E-state index is -0.105. The van der Waals surface area contributed by atoms with Crippen molar-refractivity contribution in [1.29, 1.82) is 0 Å². The average Bonchev–Trinajstić information content (AvgIpc) is 2.88. The van der Waals surface area contributed by atoms with Gasteiger partial charge in [0.1, 0.15) is 16.8 Å². The second kappa shape index (κ2) is 4.60. The van der Waals surface area contributed by atoms with Crippen LogP contribution in [-0.4, -0.2) is 28.2 Å². The van der Waals surface area contributed by atoms with Crippen molar-refractivity contribution in [3.05, 3.63) is 17.0 Å². The largest absolute Gasteiger partial charge is 0.373 e. The van der Waals surface area contributed by atoms with Crippen LogP contribution in [0.5, 0.6) is 0 Å². The Morgan fingerprint density at radius 3 is 2.68 bits per heavy atom. The van der Waals surface area contributed by atoms with Gasteiger partial charge < -0.3 is 10.1 Å². The van der Waals surface area contributed by atoms with Gasteiger partial charge in [0.2, 0.25) is 0 Å². The van der Waals surface area contributed by atoms with Crippen LogP contribution in [-0.2, 0) is 10.2 Å².